The van der Waals surface area contributed by atoms with Crippen LogP contribution in [0.4, 0.5) is 5.69 Å². The van der Waals surface area contributed by atoms with E-state index in [0.29, 0.717) is 68.6 Å². The number of carbonyl (C=O) groups excluding carboxylic acids is 3. The SMILES string of the molecule is CC(=O)CCOCCOCCOCCC(=O)NCCC(=O)Nc1cc(C[N+]2(CCOc3cccc(-c4n[nH]c5ccc(-c6ncn[nH]6)cc45)c3)CCCCC2)ccc1O[C@@H]1O[C@H](C(=O)O)[C@@H](O)[C@H](O)[C@H]1O. The number of carbonyl (C=O) groups is 4. The van der Waals surface area contributed by atoms with E-state index in [0.717, 1.165) is 65.6 Å². The third-order valence-electron chi connectivity index (χ3n) is 12.3. The van der Waals surface area contributed by atoms with Crippen LogP contribution in [0.2, 0.25) is 0 Å². The highest BCUT2D eigenvalue weighted by Gasteiger charge is 2.48. The van der Waals surface area contributed by atoms with Gasteiger partial charge in [0.2, 0.25) is 18.1 Å². The van der Waals surface area contributed by atoms with E-state index < -0.39 is 42.6 Å². The van der Waals surface area contributed by atoms with Crippen LogP contribution in [0.15, 0.2) is 67.0 Å². The maximum Gasteiger partial charge on any atom is 0.335 e. The number of quaternary nitrogens is 1. The Balaban J connectivity index is 0.969. The van der Waals surface area contributed by atoms with Crippen LogP contribution >= 0.6 is 0 Å². The summed E-state index contributed by atoms with van der Waals surface area (Å²) in [6.07, 6.45) is -4.41. The number of carboxylic acid groups (broad SMARTS) is 1. The van der Waals surface area contributed by atoms with Crippen molar-refractivity contribution in [2.24, 2.45) is 0 Å². The zero-order valence-corrected chi connectivity index (χ0v) is 39.6. The minimum absolute atomic E-state index is 0.00788. The number of rotatable bonds is 27. The number of Topliss-reactive ketones (excluding diaryl/α,β-unsaturated/α-hetero) is 1. The molecule has 3 aromatic carbocycles. The Morgan fingerprint density at radius 2 is 1.55 bits per heavy atom. The van der Waals surface area contributed by atoms with Gasteiger partial charge in [-0.15, -0.1) is 0 Å². The number of likely N-dealkylation sites (tertiary alicyclic amines) is 1. The van der Waals surface area contributed by atoms with Crippen molar-refractivity contribution in [1.82, 2.24) is 30.7 Å². The number of hydrogen-bond acceptors (Lipinski definition) is 16. The van der Waals surface area contributed by atoms with Gasteiger partial charge in [0, 0.05) is 47.9 Å². The standard InChI is InChI=1S/C49H62N8O14/c1-31(58)13-19-66-22-24-68-25-23-67-20-14-40(59)50-15-12-41(60)53-38-26-32(8-11-39(38)70-49-45(63)43(61)44(62)46(71-49)48(64)65)29-57(16-3-2-4-17-57)18-21-69-35-7-5-6-33(27-35)42-36-28-34(47-51-30-52-56-47)9-10-37(36)54-55-42/h5-11,26-28,30,43-46,49,61-63H,2-4,12-25,29H2,1H3,(H4-,50,51,52,53,54,55,56,59,60,64,65)/p+1/t43-,44-,45+,46-,49+/m0/s1. The van der Waals surface area contributed by atoms with Crippen molar-refractivity contribution < 1.29 is 72.5 Å². The van der Waals surface area contributed by atoms with Gasteiger partial charge in [0.05, 0.1) is 63.9 Å². The summed E-state index contributed by atoms with van der Waals surface area (Å²) in [5.74, 6) is -0.958. The van der Waals surface area contributed by atoms with Crippen molar-refractivity contribution in [2.75, 3.05) is 77.7 Å². The van der Waals surface area contributed by atoms with Crippen LogP contribution in [0, 0.1) is 0 Å². The molecule has 2 aliphatic heterocycles. The number of aromatic amines is 2. The fourth-order valence-corrected chi connectivity index (χ4v) is 8.54. The Morgan fingerprint density at radius 3 is 2.28 bits per heavy atom. The lowest BCUT2D eigenvalue weighted by Gasteiger charge is -2.41. The molecule has 5 aromatic rings. The van der Waals surface area contributed by atoms with Gasteiger partial charge in [0.15, 0.2) is 11.9 Å². The number of piperidine rings is 1. The minimum Gasteiger partial charge on any atom is -0.488 e. The monoisotopic (exact) mass is 987 g/mol. The van der Waals surface area contributed by atoms with Crippen molar-refractivity contribution in [1.29, 1.82) is 0 Å². The molecule has 0 aliphatic carbocycles. The van der Waals surface area contributed by atoms with Gasteiger partial charge in [-0.3, -0.25) is 24.6 Å². The second-order valence-electron chi connectivity index (χ2n) is 17.6. The van der Waals surface area contributed by atoms with Gasteiger partial charge in [-0.1, -0.05) is 12.1 Å². The number of aliphatic hydroxyl groups is 3. The number of ketones is 1. The average molecular weight is 988 g/mol. The number of hydrogen-bond donors (Lipinski definition) is 8. The molecular weight excluding hydrogens is 925 g/mol. The predicted octanol–water partition coefficient (Wildman–Crippen LogP) is 2.73. The largest absolute Gasteiger partial charge is 0.488 e. The number of benzene rings is 3. The lowest BCUT2D eigenvalue weighted by atomic mass is 9.99. The smallest absolute Gasteiger partial charge is 0.335 e. The number of ether oxygens (including phenoxy) is 6. The molecule has 22 heteroatoms. The molecule has 2 aromatic heterocycles. The van der Waals surface area contributed by atoms with Gasteiger partial charge in [-0.2, -0.15) is 10.2 Å². The Bertz CT molecular complexity index is 2530. The van der Waals surface area contributed by atoms with Crippen molar-refractivity contribution in [3.63, 3.8) is 0 Å². The first-order chi connectivity index (χ1) is 34.4. The summed E-state index contributed by atoms with van der Waals surface area (Å²) in [7, 11) is 0. The van der Waals surface area contributed by atoms with Crippen LogP contribution in [0.25, 0.3) is 33.5 Å². The molecule has 4 heterocycles. The number of nitrogens with one attached hydrogen (secondary N) is 4. The molecule has 2 amide bonds. The summed E-state index contributed by atoms with van der Waals surface area (Å²) >= 11 is 0. The molecule has 22 nitrogen and oxygen atoms in total. The van der Waals surface area contributed by atoms with Crippen LogP contribution in [-0.4, -0.2) is 177 Å². The second-order valence-corrected chi connectivity index (χ2v) is 17.6. The Morgan fingerprint density at radius 1 is 0.789 bits per heavy atom. The molecule has 2 saturated heterocycles. The molecular formula is C49H63N8O14+. The Hall–Kier alpha value is -6.37. The maximum absolute atomic E-state index is 13.4. The van der Waals surface area contributed by atoms with Gasteiger partial charge in [0.25, 0.3) is 0 Å². The topological polar surface area (TPSA) is 299 Å². The number of aliphatic hydroxyl groups excluding tert-OH is 3. The first kappa shape index (κ1) is 52.5. The molecule has 0 spiro atoms. The highest BCUT2D eigenvalue weighted by Crippen LogP contribution is 2.34. The number of amides is 2. The third kappa shape index (κ3) is 14.8. The summed E-state index contributed by atoms with van der Waals surface area (Å²) in [5, 5.41) is 62.2. The van der Waals surface area contributed by atoms with E-state index in [1.54, 1.807) is 12.1 Å². The maximum atomic E-state index is 13.4. The summed E-state index contributed by atoms with van der Waals surface area (Å²) in [5.41, 5.74) is 4.43. The lowest BCUT2D eigenvalue weighted by Crippen LogP contribution is -2.61. The summed E-state index contributed by atoms with van der Waals surface area (Å²) < 4.78 is 34.7. The van der Waals surface area contributed by atoms with Gasteiger partial charge in [-0.05, 0) is 74.7 Å². The van der Waals surface area contributed by atoms with E-state index in [-0.39, 0.29) is 55.7 Å². The zero-order valence-electron chi connectivity index (χ0n) is 39.6. The number of anilines is 1. The van der Waals surface area contributed by atoms with Crippen molar-refractivity contribution in [3.8, 4) is 34.1 Å². The molecule has 71 heavy (non-hydrogen) atoms. The minimum atomic E-state index is -1.92. The fraction of sp³-hybridized carbons (Fsp3) is 0.490. The molecule has 0 radical (unpaired) electrons. The predicted molar refractivity (Wildman–Crippen MR) is 255 cm³/mol. The number of H-pyrrole nitrogens is 2. The van der Waals surface area contributed by atoms with Gasteiger partial charge >= 0.3 is 5.97 Å². The molecule has 0 bridgehead atoms. The number of aromatic nitrogens is 5. The van der Waals surface area contributed by atoms with Crippen LogP contribution in [0.1, 0.15) is 51.0 Å². The van der Waals surface area contributed by atoms with Crippen molar-refractivity contribution in [2.45, 2.75) is 82.7 Å². The van der Waals surface area contributed by atoms with Gasteiger partial charge < -0.3 is 64.0 Å². The van der Waals surface area contributed by atoms with E-state index in [1.165, 1.54) is 13.3 Å². The highest BCUT2D eigenvalue weighted by atomic mass is 16.7. The van der Waals surface area contributed by atoms with Crippen LogP contribution in [-0.2, 0) is 44.7 Å². The summed E-state index contributed by atoms with van der Waals surface area (Å²) in [4.78, 5) is 53.0. The van der Waals surface area contributed by atoms with Gasteiger partial charge in [0.1, 0.15) is 67.3 Å². The van der Waals surface area contributed by atoms with E-state index in [1.807, 2.05) is 48.5 Å². The van der Waals surface area contributed by atoms with Crippen molar-refractivity contribution in [3.05, 3.63) is 72.6 Å². The normalized spacial score (nSPS) is 19.8. The quantitative estimate of drug-likeness (QED) is 0.0277. The first-order valence-electron chi connectivity index (χ1n) is 23.8. The average Bonchev–Trinajstić information content (AvgIpc) is 4.06. The molecule has 2 fully saturated rings. The van der Waals surface area contributed by atoms with Crippen LogP contribution in [0.5, 0.6) is 11.5 Å². The first-order valence-corrected chi connectivity index (χ1v) is 23.8. The molecule has 0 unspecified atom stereocenters. The number of fused-ring (bicyclic) bond motifs is 1. The summed E-state index contributed by atoms with van der Waals surface area (Å²) in [6.45, 7) is 6.71. The molecule has 382 valence electrons. The number of aliphatic carboxylic acids is 1. The molecule has 7 rings (SSSR count). The highest BCUT2D eigenvalue weighted by molar-refractivity contribution is 5.95. The molecule has 2 aliphatic rings. The second kappa shape index (κ2) is 25.7. The zero-order chi connectivity index (χ0) is 50.2. The summed E-state index contributed by atoms with van der Waals surface area (Å²) in [6, 6.07) is 18.8. The lowest BCUT2D eigenvalue weighted by molar-refractivity contribution is -0.945. The number of carboxylic acids is 1. The molecule has 0 saturated carbocycles. The van der Waals surface area contributed by atoms with E-state index >= 15 is 0 Å². The van der Waals surface area contributed by atoms with Gasteiger partial charge in [-0.25, -0.2) is 9.78 Å². The van der Waals surface area contributed by atoms with E-state index in [9.17, 15) is 39.6 Å². The third-order valence-corrected chi connectivity index (χ3v) is 12.3. The van der Waals surface area contributed by atoms with Crippen molar-refractivity contribution >= 4 is 40.2 Å². The van der Waals surface area contributed by atoms with E-state index in [4.69, 9.17) is 28.4 Å². The van der Waals surface area contributed by atoms with Crippen LogP contribution < -0.4 is 20.1 Å². The molecule has 8 N–H and O–H groups in total. The Kier molecular flexibility index (Phi) is 19.0. The number of nitrogens with zero attached hydrogens (tertiary/aromatic N) is 4. The van der Waals surface area contributed by atoms with Crippen LogP contribution in [0.3, 0.4) is 0 Å². The van der Waals surface area contributed by atoms with E-state index in [2.05, 4.69) is 36.0 Å². The fourth-order valence-electron chi connectivity index (χ4n) is 8.54. The molecule has 5 atom stereocenters. The Labute approximate surface area is 409 Å².